The second-order valence-electron chi connectivity index (χ2n) is 8.28. The van der Waals surface area contributed by atoms with E-state index in [1.54, 1.807) is 6.07 Å². The highest BCUT2D eigenvalue weighted by Crippen LogP contribution is 2.47. The van der Waals surface area contributed by atoms with Gasteiger partial charge in [0.1, 0.15) is 11.5 Å². The lowest BCUT2D eigenvalue weighted by Crippen LogP contribution is -2.35. The summed E-state index contributed by atoms with van der Waals surface area (Å²) in [4.78, 5) is 10.9. The maximum absolute atomic E-state index is 12.6. The fourth-order valence-corrected chi connectivity index (χ4v) is 4.96. The van der Waals surface area contributed by atoms with Crippen molar-refractivity contribution in [2.75, 3.05) is 47.8 Å². The number of nitrogens with two attached hydrogens (primary N) is 1. The van der Waals surface area contributed by atoms with Gasteiger partial charge in [0.2, 0.25) is 5.75 Å². The van der Waals surface area contributed by atoms with Crippen LogP contribution in [0.4, 0.5) is 4.79 Å². The van der Waals surface area contributed by atoms with Gasteiger partial charge in [-0.1, -0.05) is 0 Å². The molecular weight excluding hydrogens is 508 g/mol. The van der Waals surface area contributed by atoms with E-state index in [1.807, 2.05) is 12.1 Å². The van der Waals surface area contributed by atoms with Gasteiger partial charge in [0.15, 0.2) is 32.8 Å². The van der Waals surface area contributed by atoms with Crippen LogP contribution in [0, 0.1) is 0 Å². The first-order valence-corrected chi connectivity index (χ1v) is 13.2. The fraction of sp³-hybridized carbons (Fsp3) is 0.458. The number of carbonyl (C=O) groups is 1. The summed E-state index contributed by atoms with van der Waals surface area (Å²) < 4.78 is 58.9. The Kier molecular flexibility index (Phi) is 8.94. The zero-order valence-corrected chi connectivity index (χ0v) is 22.2. The van der Waals surface area contributed by atoms with Crippen molar-refractivity contribution in [3.05, 3.63) is 35.4 Å². The molecule has 37 heavy (non-hydrogen) atoms. The number of urea groups is 1. The average molecular weight is 541 g/mol. The lowest BCUT2D eigenvalue weighted by molar-refractivity contribution is -0.0467. The van der Waals surface area contributed by atoms with Crippen LogP contribution in [0.5, 0.6) is 28.7 Å². The van der Waals surface area contributed by atoms with E-state index in [2.05, 4.69) is 0 Å². The molecule has 2 atom stereocenters. The zero-order valence-electron chi connectivity index (χ0n) is 21.3. The van der Waals surface area contributed by atoms with Gasteiger partial charge in [0.05, 0.1) is 47.2 Å². The number of carbonyl (C=O) groups excluding carboxylic acids is 1. The van der Waals surface area contributed by atoms with E-state index in [1.165, 1.54) is 34.5 Å². The van der Waals surface area contributed by atoms with Gasteiger partial charge in [-0.15, -0.1) is 0 Å². The van der Waals surface area contributed by atoms with Gasteiger partial charge in [0.25, 0.3) is 0 Å². The Balaban J connectivity index is 1.90. The van der Waals surface area contributed by atoms with E-state index in [-0.39, 0.29) is 40.7 Å². The van der Waals surface area contributed by atoms with Crippen molar-refractivity contribution in [1.82, 2.24) is 5.06 Å². The standard InChI is InChI=1S/C24H32N2O10S/c1-31-18-10-14(11-19(32-2)22(18)34-4)16-6-7-17(36-16)15-12-20(33-3)23(21(13-15)37(5,29)30)35-9-8-26(28)24(25)27/h10-13,16-17,28H,6-9H2,1-5H3,(H2,25,27)/t16-,17?/m1/s1. The number of hydrogen-bond acceptors (Lipinski definition) is 10. The van der Waals surface area contributed by atoms with Gasteiger partial charge < -0.3 is 34.2 Å². The van der Waals surface area contributed by atoms with Crippen molar-refractivity contribution in [2.24, 2.45) is 5.73 Å². The molecule has 3 N–H and O–H groups in total. The van der Waals surface area contributed by atoms with Crippen molar-refractivity contribution >= 4 is 15.9 Å². The third kappa shape index (κ3) is 6.29. The highest BCUT2D eigenvalue weighted by atomic mass is 32.2. The predicted octanol–water partition coefficient (Wildman–Crippen LogP) is 2.87. The third-order valence-electron chi connectivity index (χ3n) is 5.92. The van der Waals surface area contributed by atoms with Crippen LogP contribution in [0.1, 0.15) is 36.2 Å². The molecule has 1 saturated heterocycles. The number of sulfone groups is 1. The monoisotopic (exact) mass is 540 g/mol. The first-order valence-electron chi connectivity index (χ1n) is 11.3. The molecule has 0 radical (unpaired) electrons. The van der Waals surface area contributed by atoms with Gasteiger partial charge in [-0.3, -0.25) is 5.21 Å². The number of rotatable bonds is 11. The molecule has 2 aromatic carbocycles. The molecule has 204 valence electrons. The molecule has 1 fully saturated rings. The van der Waals surface area contributed by atoms with Gasteiger partial charge in [0, 0.05) is 6.26 Å². The number of hydrogen-bond donors (Lipinski definition) is 2. The van der Waals surface area contributed by atoms with E-state index in [4.69, 9.17) is 34.2 Å². The maximum Gasteiger partial charge on any atom is 0.338 e. The molecule has 3 rings (SSSR count). The molecule has 2 aromatic rings. The third-order valence-corrected chi connectivity index (χ3v) is 7.02. The zero-order chi connectivity index (χ0) is 27.3. The second-order valence-corrected chi connectivity index (χ2v) is 10.3. The largest absolute Gasteiger partial charge is 0.493 e. The Morgan fingerprint density at radius 2 is 1.43 bits per heavy atom. The Labute approximate surface area is 215 Å². The number of ether oxygens (including phenoxy) is 6. The minimum atomic E-state index is -3.75. The summed E-state index contributed by atoms with van der Waals surface area (Å²) in [5, 5.41) is 9.71. The summed E-state index contributed by atoms with van der Waals surface area (Å²) >= 11 is 0. The van der Waals surface area contributed by atoms with Crippen molar-refractivity contribution in [3.8, 4) is 28.7 Å². The maximum atomic E-state index is 12.6. The number of nitrogens with zero attached hydrogens (tertiary/aromatic N) is 1. The van der Waals surface area contributed by atoms with Gasteiger partial charge >= 0.3 is 6.03 Å². The number of benzene rings is 2. The predicted molar refractivity (Wildman–Crippen MR) is 132 cm³/mol. The van der Waals surface area contributed by atoms with Crippen LogP contribution in [0.3, 0.4) is 0 Å². The van der Waals surface area contributed by atoms with E-state index in [0.717, 1.165) is 11.8 Å². The van der Waals surface area contributed by atoms with Crippen LogP contribution < -0.4 is 29.4 Å². The molecule has 12 nitrogen and oxygen atoms in total. The number of primary amides is 1. The SMILES string of the molecule is COc1cc([C@H]2CCC(c3cc(OC)c(OCCN(O)C(N)=O)c(S(C)(=O)=O)c3)O2)cc(OC)c1OC. The summed E-state index contributed by atoms with van der Waals surface area (Å²) in [6.07, 6.45) is 1.61. The van der Waals surface area contributed by atoms with E-state index < -0.39 is 22.0 Å². The normalized spacial score (nSPS) is 17.2. The molecule has 0 saturated carbocycles. The number of amides is 2. The second kappa shape index (κ2) is 11.8. The van der Waals surface area contributed by atoms with Crippen LogP contribution in [0.2, 0.25) is 0 Å². The minimum Gasteiger partial charge on any atom is -0.493 e. The number of hydroxylamine groups is 2. The summed E-state index contributed by atoms with van der Waals surface area (Å²) in [5.74, 6) is 1.61. The van der Waals surface area contributed by atoms with Crippen LogP contribution in [0.15, 0.2) is 29.2 Å². The molecule has 2 amide bonds. The molecule has 1 heterocycles. The Morgan fingerprint density at radius 1 is 0.946 bits per heavy atom. The van der Waals surface area contributed by atoms with Crippen molar-refractivity contribution < 1.29 is 46.8 Å². The topological polar surface area (TPSA) is 156 Å². The van der Waals surface area contributed by atoms with Crippen LogP contribution in [-0.4, -0.2) is 72.6 Å². The highest BCUT2D eigenvalue weighted by molar-refractivity contribution is 7.90. The molecule has 1 aliphatic rings. The molecule has 13 heteroatoms. The average Bonchev–Trinajstić information content (AvgIpc) is 3.37. The smallest absolute Gasteiger partial charge is 0.338 e. The Morgan fingerprint density at radius 3 is 1.86 bits per heavy atom. The van der Waals surface area contributed by atoms with Gasteiger partial charge in [-0.2, -0.15) is 0 Å². The molecular formula is C24H32N2O10S. The molecule has 0 aromatic heterocycles. The summed E-state index contributed by atoms with van der Waals surface area (Å²) in [5.41, 5.74) is 6.41. The lowest BCUT2D eigenvalue weighted by atomic mass is 10.0. The van der Waals surface area contributed by atoms with Gasteiger partial charge in [-0.05, 0) is 48.2 Å². The van der Waals surface area contributed by atoms with Crippen molar-refractivity contribution in [2.45, 2.75) is 29.9 Å². The number of methoxy groups -OCH3 is 4. The Bertz CT molecular complexity index is 1210. The minimum absolute atomic E-state index is 0.0363. The molecule has 1 aliphatic heterocycles. The first-order chi connectivity index (χ1) is 17.5. The van der Waals surface area contributed by atoms with Crippen molar-refractivity contribution in [3.63, 3.8) is 0 Å². The summed E-state index contributed by atoms with van der Waals surface area (Å²) in [7, 11) is 2.23. The van der Waals surface area contributed by atoms with Gasteiger partial charge in [-0.25, -0.2) is 18.3 Å². The van der Waals surface area contributed by atoms with E-state index >= 15 is 0 Å². The Hall–Kier alpha value is -3.42. The highest BCUT2D eigenvalue weighted by Gasteiger charge is 2.32. The van der Waals surface area contributed by atoms with Crippen molar-refractivity contribution in [1.29, 1.82) is 0 Å². The summed E-state index contributed by atoms with van der Waals surface area (Å²) in [6, 6.07) is 5.72. The van der Waals surface area contributed by atoms with Crippen LogP contribution in [-0.2, 0) is 14.6 Å². The molecule has 1 unspecified atom stereocenters. The molecule has 0 bridgehead atoms. The van der Waals surface area contributed by atoms with Crippen LogP contribution in [0.25, 0.3) is 0 Å². The molecule has 0 spiro atoms. The lowest BCUT2D eigenvalue weighted by Gasteiger charge is -2.21. The quantitative estimate of drug-likeness (QED) is 0.321. The van der Waals surface area contributed by atoms with Crippen LogP contribution >= 0.6 is 0 Å². The van der Waals surface area contributed by atoms with E-state index in [0.29, 0.717) is 35.7 Å². The fourth-order valence-electron chi connectivity index (χ4n) is 4.11. The summed E-state index contributed by atoms with van der Waals surface area (Å²) in [6.45, 7) is -0.494. The molecule has 0 aliphatic carbocycles. The first kappa shape index (κ1) is 28.2. The van der Waals surface area contributed by atoms with E-state index in [9.17, 15) is 18.4 Å².